The number of halogens is 3. The second-order valence-corrected chi connectivity index (χ2v) is 6.97. The zero-order valence-electron chi connectivity index (χ0n) is 15.1. The fourth-order valence-electron chi connectivity index (χ4n) is 2.58. The van der Waals surface area contributed by atoms with E-state index < -0.39 is 11.6 Å². The van der Waals surface area contributed by atoms with Crippen molar-refractivity contribution in [2.45, 2.75) is 32.4 Å². The summed E-state index contributed by atoms with van der Waals surface area (Å²) in [6.45, 7) is 3.46. The van der Waals surface area contributed by atoms with Crippen LogP contribution >= 0.6 is 0 Å². The number of pyridine rings is 1. The minimum absolute atomic E-state index is 0.189. The van der Waals surface area contributed by atoms with Crippen molar-refractivity contribution in [2.75, 3.05) is 0 Å². The van der Waals surface area contributed by atoms with Crippen molar-refractivity contribution >= 4 is 17.8 Å². The van der Waals surface area contributed by atoms with Crippen LogP contribution in [0, 0.1) is 11.3 Å². The van der Waals surface area contributed by atoms with Gasteiger partial charge < -0.3 is 5.32 Å². The van der Waals surface area contributed by atoms with Gasteiger partial charge in [-0.1, -0.05) is 12.1 Å². The molecule has 0 amide bonds. The van der Waals surface area contributed by atoms with E-state index >= 15 is 0 Å². The normalized spacial score (nSPS) is 14.3. The highest BCUT2D eigenvalue weighted by Gasteiger charge is 2.28. The first-order valence-electron chi connectivity index (χ1n) is 8.37. The first-order valence-corrected chi connectivity index (χ1v) is 8.37. The zero-order valence-corrected chi connectivity index (χ0v) is 15.1. The van der Waals surface area contributed by atoms with Gasteiger partial charge >= 0.3 is 0 Å². The number of hydrogen-bond acceptors (Lipinski definition) is 3. The molecule has 138 valence electrons. The third-order valence-corrected chi connectivity index (χ3v) is 4.17. The lowest BCUT2D eigenvalue weighted by atomic mass is 9.93. The molecule has 0 radical (unpaired) electrons. The summed E-state index contributed by atoms with van der Waals surface area (Å²) in [4.78, 5) is 4.41. The summed E-state index contributed by atoms with van der Waals surface area (Å²) < 4.78 is 41.9. The largest absolute Gasteiger partial charge is 0.341 e. The maximum Gasteiger partial charge on any atom is 0.270 e. The number of nitrogens with zero attached hydrogens (tertiary/aromatic N) is 2. The first kappa shape index (κ1) is 18.7. The Balaban J connectivity index is 1.95. The fourth-order valence-corrected chi connectivity index (χ4v) is 2.58. The van der Waals surface area contributed by atoms with Gasteiger partial charge in [0.05, 0.1) is 11.4 Å². The zero-order chi connectivity index (χ0) is 19.8. The summed E-state index contributed by atoms with van der Waals surface area (Å²) in [5.41, 5.74) is 1.07. The quantitative estimate of drug-likeness (QED) is 0.771. The molecule has 0 unspecified atom stereocenters. The lowest BCUT2D eigenvalue weighted by Gasteiger charge is -2.19. The van der Waals surface area contributed by atoms with Crippen LogP contribution in [0.3, 0.4) is 0 Å². The van der Waals surface area contributed by atoms with Gasteiger partial charge in [0.1, 0.15) is 23.1 Å². The molecule has 1 aromatic carbocycles. The Kier molecular flexibility index (Phi) is 4.56. The molecule has 2 aromatic rings. The molecule has 0 saturated carbocycles. The molecule has 1 N–H and O–H groups in total. The summed E-state index contributed by atoms with van der Waals surface area (Å²) in [5, 5.41) is 11.7. The molecule has 0 spiro atoms. The number of rotatable bonds is 5. The molecule has 2 heterocycles. The maximum atomic E-state index is 14.3. The Morgan fingerprint density at radius 2 is 1.74 bits per heavy atom. The van der Waals surface area contributed by atoms with Crippen LogP contribution in [-0.2, 0) is 11.6 Å². The van der Waals surface area contributed by atoms with E-state index in [1.165, 1.54) is 26.0 Å². The Bertz CT molecular complexity index is 955. The molecule has 1 aliphatic rings. The monoisotopic (exact) mass is 369 g/mol. The van der Waals surface area contributed by atoms with Gasteiger partial charge in [-0.25, -0.2) is 18.2 Å². The number of hydrogen-bond donors (Lipinski definition) is 1. The summed E-state index contributed by atoms with van der Waals surface area (Å²) in [6, 6.07) is 11.4. The number of benzene rings is 1. The molecule has 0 aliphatic carbocycles. The summed E-state index contributed by atoms with van der Waals surface area (Å²) in [5.74, 6) is -3.07. The molecule has 0 bridgehead atoms. The second-order valence-electron chi connectivity index (χ2n) is 6.97. The van der Waals surface area contributed by atoms with Gasteiger partial charge in [0.25, 0.3) is 5.92 Å². The van der Waals surface area contributed by atoms with Crippen LogP contribution in [-0.4, -0.2) is 4.98 Å². The third kappa shape index (κ3) is 4.37. The highest BCUT2D eigenvalue weighted by atomic mass is 19.3. The van der Waals surface area contributed by atoms with Crippen molar-refractivity contribution < 1.29 is 13.2 Å². The van der Waals surface area contributed by atoms with E-state index in [-0.39, 0.29) is 11.1 Å². The maximum absolute atomic E-state index is 14.3. The van der Waals surface area contributed by atoms with Crippen LogP contribution in [0.5, 0.6) is 0 Å². The van der Waals surface area contributed by atoms with Crippen molar-refractivity contribution in [2.24, 2.45) is 0 Å². The number of nitrogens with one attached hydrogen (secondary N) is 1. The standard InChI is InChI=1S/C21H18F3N3/c1-20(2,22)14-9-13(10-15(11-14)21(3,23)24)7-8-16-5-4-6-17(26-16)19-18(12-25)27-19/h4-11,27H,1-3H3/b8-7+. The Hall–Kier alpha value is -3.07. The Morgan fingerprint density at radius 1 is 1.04 bits per heavy atom. The molecule has 27 heavy (non-hydrogen) atoms. The topological polar surface area (TPSA) is 58.6 Å². The molecule has 0 fully saturated rings. The number of alkyl halides is 3. The second kappa shape index (κ2) is 6.58. The highest BCUT2D eigenvalue weighted by Crippen LogP contribution is 2.34. The van der Waals surface area contributed by atoms with Crippen LogP contribution in [0.1, 0.15) is 48.8 Å². The molecule has 3 nitrogen and oxygen atoms in total. The first-order chi connectivity index (χ1) is 12.6. The molecule has 1 aliphatic heterocycles. The molecule has 6 heteroatoms. The number of aromatic nitrogens is 1. The van der Waals surface area contributed by atoms with Crippen LogP contribution in [0.4, 0.5) is 13.2 Å². The highest BCUT2D eigenvalue weighted by molar-refractivity contribution is 5.81. The van der Waals surface area contributed by atoms with E-state index in [1.54, 1.807) is 36.4 Å². The SMILES string of the molecule is CC(C)(F)c1cc(/C=C/c2cccc(C3=C(C#N)N3)n2)cc(C(C)(F)F)c1. The Labute approximate surface area is 155 Å². The number of nitriles is 1. The average Bonchev–Trinajstić information content (AvgIpc) is 3.38. The van der Waals surface area contributed by atoms with Crippen molar-refractivity contribution in [3.63, 3.8) is 0 Å². The fraction of sp³-hybridized carbons (Fsp3) is 0.238. The Morgan fingerprint density at radius 3 is 2.33 bits per heavy atom. The lowest BCUT2D eigenvalue weighted by Crippen LogP contribution is -2.13. The van der Waals surface area contributed by atoms with Crippen molar-refractivity contribution in [1.82, 2.24) is 10.3 Å². The van der Waals surface area contributed by atoms with Crippen LogP contribution in [0.25, 0.3) is 17.8 Å². The van der Waals surface area contributed by atoms with E-state index in [1.807, 2.05) is 6.07 Å². The van der Waals surface area contributed by atoms with Crippen molar-refractivity contribution in [1.29, 1.82) is 5.26 Å². The van der Waals surface area contributed by atoms with E-state index in [2.05, 4.69) is 10.3 Å². The van der Waals surface area contributed by atoms with Gasteiger partial charge in [-0.15, -0.1) is 0 Å². The number of allylic oxidation sites excluding steroid dienone is 1. The van der Waals surface area contributed by atoms with Gasteiger partial charge in [-0.05, 0) is 61.4 Å². The molecular weight excluding hydrogens is 351 g/mol. The molecule has 1 aromatic heterocycles. The van der Waals surface area contributed by atoms with E-state index in [0.717, 1.165) is 6.92 Å². The van der Waals surface area contributed by atoms with Crippen LogP contribution < -0.4 is 5.32 Å². The van der Waals surface area contributed by atoms with E-state index in [9.17, 15) is 13.2 Å². The van der Waals surface area contributed by atoms with Crippen LogP contribution in [0.2, 0.25) is 0 Å². The predicted octanol–water partition coefficient (Wildman–Crippen LogP) is 5.36. The van der Waals surface area contributed by atoms with Crippen molar-refractivity contribution in [3.8, 4) is 6.07 Å². The molecular formula is C21H18F3N3. The molecule has 0 atom stereocenters. The summed E-state index contributed by atoms with van der Waals surface area (Å²) in [7, 11) is 0. The van der Waals surface area contributed by atoms with Gasteiger partial charge in [-0.3, -0.25) is 0 Å². The minimum Gasteiger partial charge on any atom is -0.341 e. The van der Waals surface area contributed by atoms with Crippen molar-refractivity contribution in [3.05, 3.63) is 70.2 Å². The lowest BCUT2D eigenvalue weighted by molar-refractivity contribution is 0.0172. The van der Waals surface area contributed by atoms with Gasteiger partial charge in [0.2, 0.25) is 0 Å². The summed E-state index contributed by atoms with van der Waals surface area (Å²) >= 11 is 0. The van der Waals surface area contributed by atoms with Crippen LogP contribution in [0.15, 0.2) is 42.1 Å². The summed E-state index contributed by atoms with van der Waals surface area (Å²) in [6.07, 6.45) is 3.29. The van der Waals surface area contributed by atoms with E-state index in [4.69, 9.17) is 5.26 Å². The third-order valence-electron chi connectivity index (χ3n) is 4.17. The molecule has 3 rings (SSSR count). The minimum atomic E-state index is -3.07. The average molecular weight is 369 g/mol. The smallest absolute Gasteiger partial charge is 0.270 e. The van der Waals surface area contributed by atoms with Gasteiger partial charge in [0.15, 0.2) is 0 Å². The van der Waals surface area contributed by atoms with Gasteiger partial charge in [-0.2, -0.15) is 5.26 Å². The van der Waals surface area contributed by atoms with Gasteiger partial charge in [0, 0.05) is 12.5 Å². The molecule has 0 saturated heterocycles. The van der Waals surface area contributed by atoms with E-state index in [0.29, 0.717) is 28.3 Å². The predicted molar refractivity (Wildman–Crippen MR) is 99.0 cm³/mol.